The van der Waals surface area contributed by atoms with Crippen molar-refractivity contribution in [2.45, 2.75) is 38.5 Å². The zero-order valence-electron chi connectivity index (χ0n) is 10.7. The van der Waals surface area contributed by atoms with Crippen molar-refractivity contribution in [3.8, 4) is 0 Å². The average molecular weight is 263 g/mol. The van der Waals surface area contributed by atoms with E-state index in [9.17, 15) is 9.59 Å². The van der Waals surface area contributed by atoms with Gasteiger partial charge in [0.1, 0.15) is 0 Å². The Labute approximate surface area is 106 Å². The first kappa shape index (κ1) is 16.2. The van der Waals surface area contributed by atoms with Crippen molar-refractivity contribution < 1.29 is 19.8 Å². The molecule has 0 radical (unpaired) electrons. The predicted octanol–water partition coefficient (Wildman–Crippen LogP) is 0.716. The van der Waals surface area contributed by atoms with E-state index < -0.39 is 11.4 Å². The van der Waals surface area contributed by atoms with Gasteiger partial charge < -0.3 is 15.5 Å². The van der Waals surface area contributed by atoms with Crippen LogP contribution in [-0.2, 0) is 9.59 Å². The number of rotatable bonds is 7. The van der Waals surface area contributed by atoms with Crippen LogP contribution in [0.25, 0.3) is 0 Å². The number of aliphatic hydroxyl groups excluding tert-OH is 1. The molecule has 100 valence electrons. The van der Waals surface area contributed by atoms with E-state index in [1.807, 2.05) is 6.26 Å². The van der Waals surface area contributed by atoms with Crippen LogP contribution >= 0.6 is 11.8 Å². The smallest absolute Gasteiger partial charge is 0.309 e. The first-order chi connectivity index (χ1) is 7.74. The highest BCUT2D eigenvalue weighted by Crippen LogP contribution is 2.20. The van der Waals surface area contributed by atoms with Crippen LogP contribution in [0.1, 0.15) is 27.2 Å². The third-order valence-electron chi connectivity index (χ3n) is 2.61. The van der Waals surface area contributed by atoms with Gasteiger partial charge in [0.25, 0.3) is 0 Å². The van der Waals surface area contributed by atoms with E-state index in [2.05, 4.69) is 5.32 Å². The first-order valence-corrected chi connectivity index (χ1v) is 6.69. The van der Waals surface area contributed by atoms with Crippen molar-refractivity contribution in [1.29, 1.82) is 0 Å². The molecule has 0 bridgehead atoms. The number of hydrogen-bond donors (Lipinski definition) is 3. The Bertz CT molecular complexity index is 277. The van der Waals surface area contributed by atoms with Crippen molar-refractivity contribution in [3.05, 3.63) is 0 Å². The van der Waals surface area contributed by atoms with Gasteiger partial charge in [-0.05, 0) is 27.0 Å². The summed E-state index contributed by atoms with van der Waals surface area (Å²) in [4.78, 5) is 22.5. The van der Waals surface area contributed by atoms with Gasteiger partial charge in [0, 0.05) is 17.7 Å². The van der Waals surface area contributed by atoms with E-state index in [0.29, 0.717) is 0 Å². The summed E-state index contributed by atoms with van der Waals surface area (Å²) in [6, 6.07) is -0.188. The number of thioether (sulfide) groups is 1. The Hall–Kier alpha value is -0.750. The van der Waals surface area contributed by atoms with Crippen LogP contribution in [0.3, 0.4) is 0 Å². The number of aliphatic carboxylic acids is 1. The maximum absolute atomic E-state index is 11.6. The molecule has 17 heavy (non-hydrogen) atoms. The minimum absolute atomic E-state index is 0.0229. The molecule has 0 aliphatic rings. The summed E-state index contributed by atoms with van der Waals surface area (Å²) in [6.07, 6.45) is 1.78. The highest BCUT2D eigenvalue weighted by Gasteiger charge is 2.31. The highest BCUT2D eigenvalue weighted by molar-refractivity contribution is 7.99. The van der Waals surface area contributed by atoms with Crippen molar-refractivity contribution in [2.75, 3.05) is 12.9 Å². The Kier molecular flexibility index (Phi) is 6.56. The van der Waals surface area contributed by atoms with E-state index in [0.717, 1.165) is 0 Å². The molecule has 3 N–H and O–H groups in total. The molecule has 0 saturated carbocycles. The normalized spacial score (nSPS) is 15.1. The number of carboxylic acids is 1. The van der Waals surface area contributed by atoms with Crippen LogP contribution in [0.5, 0.6) is 0 Å². The number of carboxylic acid groups (broad SMARTS) is 1. The maximum atomic E-state index is 11.6. The lowest BCUT2D eigenvalue weighted by atomic mass is 9.89. The minimum atomic E-state index is -1.07. The van der Waals surface area contributed by atoms with Crippen molar-refractivity contribution in [3.63, 3.8) is 0 Å². The van der Waals surface area contributed by atoms with Crippen molar-refractivity contribution in [2.24, 2.45) is 5.41 Å². The quantitative estimate of drug-likeness (QED) is 0.630. The molecule has 0 rings (SSSR count). The molecule has 0 fully saturated rings. The summed E-state index contributed by atoms with van der Waals surface area (Å²) >= 11 is 1.46. The third kappa shape index (κ3) is 5.41. The fourth-order valence-corrected chi connectivity index (χ4v) is 1.94. The third-order valence-corrected chi connectivity index (χ3v) is 3.77. The monoisotopic (exact) mass is 263 g/mol. The summed E-state index contributed by atoms with van der Waals surface area (Å²) < 4.78 is 0. The molecule has 5 nitrogen and oxygen atoms in total. The van der Waals surface area contributed by atoms with E-state index >= 15 is 0 Å². The minimum Gasteiger partial charge on any atom is -0.481 e. The van der Waals surface area contributed by atoms with Crippen LogP contribution < -0.4 is 5.32 Å². The van der Waals surface area contributed by atoms with E-state index in [-0.39, 0.29) is 30.2 Å². The van der Waals surface area contributed by atoms with Gasteiger partial charge in [-0.2, -0.15) is 11.8 Å². The van der Waals surface area contributed by atoms with Gasteiger partial charge in [-0.1, -0.05) is 0 Å². The van der Waals surface area contributed by atoms with Gasteiger partial charge in [-0.25, -0.2) is 0 Å². The zero-order chi connectivity index (χ0) is 13.6. The molecular formula is C11H21NO4S. The lowest BCUT2D eigenvalue weighted by Gasteiger charge is -2.24. The second-order valence-electron chi connectivity index (χ2n) is 4.68. The molecule has 0 aliphatic carbocycles. The van der Waals surface area contributed by atoms with Crippen LogP contribution in [0.4, 0.5) is 0 Å². The summed E-state index contributed by atoms with van der Waals surface area (Å²) in [5, 5.41) is 20.6. The summed E-state index contributed by atoms with van der Waals surface area (Å²) in [5.41, 5.74) is -1.07. The highest BCUT2D eigenvalue weighted by atomic mass is 32.2. The fourth-order valence-electron chi connectivity index (χ4n) is 1.31. The van der Waals surface area contributed by atoms with E-state index in [1.54, 1.807) is 6.92 Å². The number of aliphatic hydroxyl groups is 1. The molecule has 0 heterocycles. The van der Waals surface area contributed by atoms with Crippen LogP contribution in [0, 0.1) is 5.41 Å². The molecule has 2 unspecified atom stereocenters. The SMILES string of the molecule is CSC(CO)C(C)NC(=O)CC(C)(C)C(=O)O. The predicted molar refractivity (Wildman–Crippen MR) is 68.0 cm³/mol. The summed E-state index contributed by atoms with van der Waals surface area (Å²) in [6.45, 7) is 4.79. The van der Waals surface area contributed by atoms with Crippen LogP contribution in [-0.4, -0.2) is 46.2 Å². The zero-order valence-corrected chi connectivity index (χ0v) is 11.5. The molecular weight excluding hydrogens is 242 g/mol. The van der Waals surface area contributed by atoms with Crippen molar-refractivity contribution >= 4 is 23.6 Å². The molecule has 0 aromatic carbocycles. The molecule has 1 amide bonds. The topological polar surface area (TPSA) is 86.6 Å². The second-order valence-corrected chi connectivity index (χ2v) is 5.76. The first-order valence-electron chi connectivity index (χ1n) is 5.41. The lowest BCUT2D eigenvalue weighted by molar-refractivity contribution is -0.149. The number of nitrogens with one attached hydrogen (secondary N) is 1. The van der Waals surface area contributed by atoms with Gasteiger partial charge in [0.2, 0.25) is 5.91 Å². The van der Waals surface area contributed by atoms with Gasteiger partial charge in [0.15, 0.2) is 0 Å². The number of hydrogen-bond acceptors (Lipinski definition) is 4. The fraction of sp³-hybridized carbons (Fsp3) is 0.818. The largest absolute Gasteiger partial charge is 0.481 e. The Morgan fingerprint density at radius 2 is 1.94 bits per heavy atom. The molecule has 0 aromatic rings. The molecule has 6 heteroatoms. The number of amides is 1. The average Bonchev–Trinajstić information content (AvgIpc) is 2.17. The lowest BCUT2D eigenvalue weighted by Crippen LogP contribution is -2.43. The molecule has 0 aliphatic heterocycles. The maximum Gasteiger partial charge on any atom is 0.309 e. The van der Waals surface area contributed by atoms with Crippen LogP contribution in [0.15, 0.2) is 0 Å². The van der Waals surface area contributed by atoms with Gasteiger partial charge in [-0.15, -0.1) is 0 Å². The summed E-state index contributed by atoms with van der Waals surface area (Å²) in [5.74, 6) is -1.30. The second kappa shape index (κ2) is 6.86. The number of carbonyl (C=O) groups excluding carboxylic acids is 1. The Morgan fingerprint density at radius 3 is 2.29 bits per heavy atom. The Balaban J connectivity index is 4.32. The molecule has 0 saturated heterocycles. The van der Waals surface area contributed by atoms with E-state index in [4.69, 9.17) is 10.2 Å². The van der Waals surface area contributed by atoms with Gasteiger partial charge in [-0.3, -0.25) is 9.59 Å². The van der Waals surface area contributed by atoms with Gasteiger partial charge >= 0.3 is 5.97 Å². The van der Waals surface area contributed by atoms with E-state index in [1.165, 1.54) is 25.6 Å². The van der Waals surface area contributed by atoms with Crippen LogP contribution in [0.2, 0.25) is 0 Å². The molecule has 0 aromatic heterocycles. The number of carbonyl (C=O) groups is 2. The molecule has 2 atom stereocenters. The van der Waals surface area contributed by atoms with Crippen molar-refractivity contribution in [1.82, 2.24) is 5.32 Å². The Morgan fingerprint density at radius 1 is 1.41 bits per heavy atom. The molecule has 0 spiro atoms. The summed E-state index contributed by atoms with van der Waals surface area (Å²) in [7, 11) is 0. The van der Waals surface area contributed by atoms with Gasteiger partial charge in [0.05, 0.1) is 12.0 Å². The standard InChI is InChI=1S/C11H21NO4S/c1-7(8(6-13)17-4)12-9(14)5-11(2,3)10(15)16/h7-8,13H,5-6H2,1-4H3,(H,12,14)(H,15,16).